The first kappa shape index (κ1) is 14.0. The molecule has 0 spiro atoms. The molecule has 7 heteroatoms. The first-order chi connectivity index (χ1) is 8.54. The van der Waals surface area contributed by atoms with E-state index in [0.717, 1.165) is 0 Å². The molecule has 0 atom stereocenters. The van der Waals surface area contributed by atoms with E-state index in [2.05, 4.69) is 20.6 Å². The third-order valence-electron chi connectivity index (χ3n) is 1.99. The second-order valence-corrected chi connectivity index (χ2v) is 3.91. The molecule has 1 aromatic rings. The molecule has 0 aliphatic rings. The Bertz CT molecular complexity index is 408. The predicted molar refractivity (Wildman–Crippen MR) is 69.4 cm³/mol. The van der Waals surface area contributed by atoms with E-state index in [-0.39, 0.29) is 18.6 Å². The first-order valence-corrected chi connectivity index (χ1v) is 5.82. The number of carbonyl (C=O) groups excluding carboxylic acids is 1. The van der Waals surface area contributed by atoms with Crippen LogP contribution in [0.5, 0.6) is 5.88 Å². The molecule has 0 aliphatic heterocycles. The molecule has 0 fully saturated rings. The summed E-state index contributed by atoms with van der Waals surface area (Å²) in [5, 5.41) is 5.51. The highest BCUT2D eigenvalue weighted by atomic mass is 16.5. The fourth-order valence-electron chi connectivity index (χ4n) is 1.26. The van der Waals surface area contributed by atoms with Crippen LogP contribution < -0.4 is 21.1 Å². The van der Waals surface area contributed by atoms with Crippen molar-refractivity contribution in [2.75, 3.05) is 24.1 Å². The van der Waals surface area contributed by atoms with E-state index >= 15 is 0 Å². The zero-order chi connectivity index (χ0) is 13.5. The molecular weight excluding hydrogens is 234 g/mol. The molecule has 0 saturated heterocycles. The molecule has 1 aromatic heterocycles. The Labute approximate surface area is 106 Å². The van der Waals surface area contributed by atoms with Gasteiger partial charge in [0.25, 0.3) is 0 Å². The summed E-state index contributed by atoms with van der Waals surface area (Å²) in [6.45, 7) is 6.30. The monoisotopic (exact) mass is 253 g/mol. The van der Waals surface area contributed by atoms with Crippen molar-refractivity contribution in [2.45, 2.75) is 26.9 Å². The van der Waals surface area contributed by atoms with E-state index in [1.165, 1.54) is 6.33 Å². The van der Waals surface area contributed by atoms with Crippen molar-refractivity contribution in [3.8, 4) is 5.88 Å². The van der Waals surface area contributed by atoms with Crippen molar-refractivity contribution in [1.29, 1.82) is 0 Å². The van der Waals surface area contributed by atoms with Gasteiger partial charge in [0.05, 0.1) is 12.6 Å². The number of nitrogens with two attached hydrogens (primary N) is 1. The predicted octanol–water partition coefficient (Wildman–Crippen LogP) is 0.394. The molecule has 0 aromatic carbocycles. The Hall–Kier alpha value is -2.05. The molecule has 1 rings (SSSR count). The normalized spacial score (nSPS) is 10.2. The largest absolute Gasteiger partial charge is 0.473 e. The van der Waals surface area contributed by atoms with Crippen LogP contribution in [-0.2, 0) is 4.79 Å². The number of nitrogen functional groups attached to an aromatic ring is 1. The van der Waals surface area contributed by atoms with Crippen LogP contribution >= 0.6 is 0 Å². The van der Waals surface area contributed by atoms with Crippen LogP contribution in [0.1, 0.15) is 20.8 Å². The Morgan fingerprint density at radius 1 is 1.50 bits per heavy atom. The second kappa shape index (κ2) is 6.63. The second-order valence-electron chi connectivity index (χ2n) is 3.91. The Morgan fingerprint density at radius 2 is 2.22 bits per heavy atom. The minimum Gasteiger partial charge on any atom is -0.473 e. The number of aromatic nitrogens is 2. The first-order valence-electron chi connectivity index (χ1n) is 5.82. The number of ether oxygens (including phenoxy) is 1. The molecule has 0 bridgehead atoms. The fourth-order valence-corrected chi connectivity index (χ4v) is 1.26. The van der Waals surface area contributed by atoms with Gasteiger partial charge in [-0.15, -0.1) is 0 Å². The topological polar surface area (TPSA) is 102 Å². The van der Waals surface area contributed by atoms with Gasteiger partial charge in [-0.05, 0) is 20.8 Å². The fraction of sp³-hybridized carbons (Fsp3) is 0.545. The Kier molecular flexibility index (Phi) is 5.16. The van der Waals surface area contributed by atoms with Gasteiger partial charge in [0, 0.05) is 6.54 Å². The van der Waals surface area contributed by atoms with Crippen LogP contribution in [0.15, 0.2) is 6.33 Å². The lowest BCUT2D eigenvalue weighted by molar-refractivity contribution is -0.119. The van der Waals surface area contributed by atoms with Gasteiger partial charge >= 0.3 is 0 Å². The number of carbonyl (C=O) groups is 1. The molecule has 0 unspecified atom stereocenters. The molecule has 4 N–H and O–H groups in total. The molecule has 1 amide bonds. The molecule has 0 saturated carbocycles. The van der Waals surface area contributed by atoms with Crippen LogP contribution in [0.4, 0.5) is 11.5 Å². The van der Waals surface area contributed by atoms with Crippen LogP contribution in [-0.4, -0.2) is 35.1 Å². The lowest BCUT2D eigenvalue weighted by atomic mass is 10.4. The summed E-state index contributed by atoms with van der Waals surface area (Å²) in [6.07, 6.45) is 1.31. The number of hydrogen-bond acceptors (Lipinski definition) is 6. The number of rotatable bonds is 6. The molecule has 7 nitrogen and oxygen atoms in total. The summed E-state index contributed by atoms with van der Waals surface area (Å²) < 4.78 is 5.42. The van der Waals surface area contributed by atoms with E-state index in [1.54, 1.807) is 0 Å². The third kappa shape index (κ3) is 4.08. The third-order valence-corrected chi connectivity index (χ3v) is 1.99. The highest BCUT2D eigenvalue weighted by molar-refractivity contribution is 5.81. The van der Waals surface area contributed by atoms with Gasteiger partial charge in [-0.25, -0.2) is 4.98 Å². The van der Waals surface area contributed by atoms with Crippen molar-refractivity contribution >= 4 is 17.4 Å². The highest BCUT2D eigenvalue weighted by Crippen LogP contribution is 2.24. The average molecular weight is 253 g/mol. The van der Waals surface area contributed by atoms with Crippen molar-refractivity contribution in [1.82, 2.24) is 15.3 Å². The van der Waals surface area contributed by atoms with Gasteiger partial charge in [-0.3, -0.25) is 4.79 Å². The number of hydrogen-bond donors (Lipinski definition) is 3. The molecule has 100 valence electrons. The number of likely N-dealkylation sites (N-methyl/N-ethyl adjacent to an activating group) is 1. The van der Waals surface area contributed by atoms with Gasteiger partial charge in [0.15, 0.2) is 5.82 Å². The van der Waals surface area contributed by atoms with Gasteiger partial charge in [0.2, 0.25) is 11.8 Å². The van der Waals surface area contributed by atoms with E-state index in [0.29, 0.717) is 23.9 Å². The number of anilines is 2. The molecule has 0 aliphatic carbocycles. The molecule has 0 radical (unpaired) electrons. The zero-order valence-electron chi connectivity index (χ0n) is 10.9. The quantitative estimate of drug-likeness (QED) is 0.678. The minimum atomic E-state index is -0.123. The minimum absolute atomic E-state index is 0.0292. The van der Waals surface area contributed by atoms with Gasteiger partial charge in [0.1, 0.15) is 12.0 Å². The molecular formula is C11H19N5O2. The SMILES string of the molecule is CCNC(=O)CNc1ncnc(OC(C)C)c1N. The van der Waals surface area contributed by atoms with Crippen LogP contribution in [0, 0.1) is 0 Å². The van der Waals surface area contributed by atoms with E-state index < -0.39 is 0 Å². The van der Waals surface area contributed by atoms with Crippen molar-refractivity contribution in [2.24, 2.45) is 0 Å². The van der Waals surface area contributed by atoms with Crippen LogP contribution in [0.2, 0.25) is 0 Å². The lowest BCUT2D eigenvalue weighted by Gasteiger charge is -2.13. The summed E-state index contributed by atoms with van der Waals surface area (Å²) in [7, 11) is 0. The molecule has 18 heavy (non-hydrogen) atoms. The van der Waals surface area contributed by atoms with E-state index in [9.17, 15) is 4.79 Å². The van der Waals surface area contributed by atoms with Gasteiger partial charge in [-0.1, -0.05) is 0 Å². The standard InChI is InChI=1S/C11H19N5O2/c1-4-13-8(17)5-14-10-9(12)11(16-6-15-10)18-7(2)3/h6-7H,4-5,12H2,1-3H3,(H,13,17)(H,14,15,16). The zero-order valence-corrected chi connectivity index (χ0v) is 10.9. The summed E-state index contributed by atoms with van der Waals surface area (Å²) in [5.74, 6) is 0.590. The Morgan fingerprint density at radius 3 is 2.83 bits per heavy atom. The summed E-state index contributed by atoms with van der Waals surface area (Å²) in [6, 6.07) is 0. The summed E-state index contributed by atoms with van der Waals surface area (Å²) in [5.41, 5.74) is 6.15. The van der Waals surface area contributed by atoms with Crippen molar-refractivity contribution in [3.63, 3.8) is 0 Å². The number of nitrogens with one attached hydrogen (secondary N) is 2. The maximum absolute atomic E-state index is 11.3. The van der Waals surface area contributed by atoms with Gasteiger partial charge in [-0.2, -0.15) is 4.98 Å². The lowest BCUT2D eigenvalue weighted by Crippen LogP contribution is -2.29. The smallest absolute Gasteiger partial charge is 0.242 e. The highest BCUT2D eigenvalue weighted by Gasteiger charge is 2.11. The summed E-state index contributed by atoms with van der Waals surface area (Å²) in [4.78, 5) is 19.2. The van der Waals surface area contributed by atoms with Crippen molar-refractivity contribution in [3.05, 3.63) is 6.33 Å². The van der Waals surface area contributed by atoms with Crippen molar-refractivity contribution < 1.29 is 9.53 Å². The Balaban J connectivity index is 2.68. The summed E-state index contributed by atoms with van der Waals surface area (Å²) >= 11 is 0. The van der Waals surface area contributed by atoms with E-state index in [1.807, 2.05) is 20.8 Å². The van der Waals surface area contributed by atoms with Gasteiger partial charge < -0.3 is 21.1 Å². The maximum Gasteiger partial charge on any atom is 0.242 e. The molecule has 1 heterocycles. The van der Waals surface area contributed by atoms with E-state index in [4.69, 9.17) is 10.5 Å². The maximum atomic E-state index is 11.3. The average Bonchev–Trinajstić information content (AvgIpc) is 2.30. The van der Waals surface area contributed by atoms with Crippen LogP contribution in [0.3, 0.4) is 0 Å². The van der Waals surface area contributed by atoms with Crippen LogP contribution in [0.25, 0.3) is 0 Å². The number of amides is 1. The number of nitrogens with zero attached hydrogens (tertiary/aromatic N) is 2.